The normalized spacial score (nSPS) is 10.9. The van der Waals surface area contributed by atoms with Gasteiger partial charge in [0.1, 0.15) is 5.76 Å². The Balaban J connectivity index is 1.88. The smallest absolute Gasteiger partial charge is 0.169 e. The zero-order valence-electron chi connectivity index (χ0n) is 10.3. The van der Waals surface area contributed by atoms with E-state index in [9.17, 15) is 0 Å². The third kappa shape index (κ3) is 6.37. The zero-order valence-corrected chi connectivity index (χ0v) is 11.9. The summed E-state index contributed by atoms with van der Waals surface area (Å²) in [4.78, 5) is 0. The second-order valence-corrected chi connectivity index (χ2v) is 5.21. The molecule has 0 atom stereocenters. The molecule has 1 rings (SSSR count). The van der Waals surface area contributed by atoms with Crippen molar-refractivity contribution in [1.29, 1.82) is 0 Å². The van der Waals surface area contributed by atoms with Gasteiger partial charge in [-0.05, 0) is 34.5 Å². The molecule has 1 aromatic rings. The molecule has 2 heteroatoms. The molecule has 0 spiro atoms. The fourth-order valence-corrected chi connectivity index (χ4v) is 2.26. The molecule has 0 amide bonds. The van der Waals surface area contributed by atoms with Crippen LogP contribution in [0.4, 0.5) is 0 Å². The van der Waals surface area contributed by atoms with Crippen LogP contribution in [0.15, 0.2) is 21.2 Å². The Morgan fingerprint density at radius 1 is 0.938 bits per heavy atom. The molecule has 1 aromatic heterocycles. The maximum absolute atomic E-state index is 5.46. The van der Waals surface area contributed by atoms with Crippen LogP contribution in [0, 0.1) is 0 Å². The number of halogens is 1. The van der Waals surface area contributed by atoms with Crippen LogP contribution in [0.1, 0.15) is 64.1 Å². The van der Waals surface area contributed by atoms with Gasteiger partial charge in [0.2, 0.25) is 0 Å². The van der Waals surface area contributed by atoms with E-state index < -0.39 is 0 Å². The topological polar surface area (TPSA) is 13.1 Å². The first-order chi connectivity index (χ1) is 7.83. The van der Waals surface area contributed by atoms with Crippen molar-refractivity contribution in [3.63, 3.8) is 0 Å². The van der Waals surface area contributed by atoms with Crippen molar-refractivity contribution >= 4 is 15.9 Å². The van der Waals surface area contributed by atoms with E-state index in [1.165, 1.54) is 51.4 Å². The third-order valence-electron chi connectivity index (χ3n) is 2.91. The largest absolute Gasteiger partial charge is 0.454 e. The van der Waals surface area contributed by atoms with Crippen LogP contribution >= 0.6 is 15.9 Å². The number of hydrogen-bond donors (Lipinski definition) is 0. The zero-order chi connectivity index (χ0) is 11.6. The molecular weight excluding hydrogens is 264 g/mol. The van der Waals surface area contributed by atoms with E-state index in [1.807, 2.05) is 6.07 Å². The molecule has 0 saturated carbocycles. The van der Waals surface area contributed by atoms with Crippen LogP contribution in [-0.4, -0.2) is 0 Å². The minimum Gasteiger partial charge on any atom is -0.454 e. The summed E-state index contributed by atoms with van der Waals surface area (Å²) >= 11 is 3.32. The first-order valence-corrected chi connectivity index (χ1v) is 7.36. The highest BCUT2D eigenvalue weighted by atomic mass is 79.9. The van der Waals surface area contributed by atoms with Gasteiger partial charge in [0.15, 0.2) is 4.67 Å². The fourth-order valence-electron chi connectivity index (χ4n) is 1.92. The predicted octanol–water partition coefficient (Wildman–Crippen LogP) is 5.73. The van der Waals surface area contributed by atoms with Gasteiger partial charge in [0, 0.05) is 6.42 Å². The highest BCUT2D eigenvalue weighted by molar-refractivity contribution is 9.10. The Hall–Kier alpha value is -0.240. The molecule has 0 aromatic carbocycles. The summed E-state index contributed by atoms with van der Waals surface area (Å²) in [6.07, 6.45) is 12.0. The van der Waals surface area contributed by atoms with Crippen molar-refractivity contribution in [2.24, 2.45) is 0 Å². The van der Waals surface area contributed by atoms with Gasteiger partial charge in [-0.25, -0.2) is 0 Å². The Kier molecular flexibility index (Phi) is 7.65. The van der Waals surface area contributed by atoms with Gasteiger partial charge in [0.25, 0.3) is 0 Å². The van der Waals surface area contributed by atoms with Crippen molar-refractivity contribution < 1.29 is 4.42 Å². The molecule has 0 aliphatic rings. The average molecular weight is 287 g/mol. The van der Waals surface area contributed by atoms with Crippen LogP contribution in [0.25, 0.3) is 0 Å². The number of furan rings is 1. The molecule has 0 saturated heterocycles. The summed E-state index contributed by atoms with van der Waals surface area (Å²) in [7, 11) is 0. The maximum atomic E-state index is 5.46. The van der Waals surface area contributed by atoms with Gasteiger partial charge in [-0.1, -0.05) is 51.9 Å². The fraction of sp³-hybridized carbons (Fsp3) is 0.714. The van der Waals surface area contributed by atoms with Crippen LogP contribution in [0.5, 0.6) is 0 Å². The molecule has 92 valence electrons. The lowest BCUT2D eigenvalue weighted by molar-refractivity contribution is 0.473. The molecule has 0 N–H and O–H groups in total. The minimum absolute atomic E-state index is 0.849. The van der Waals surface area contributed by atoms with E-state index in [4.69, 9.17) is 4.42 Å². The van der Waals surface area contributed by atoms with Crippen molar-refractivity contribution in [1.82, 2.24) is 0 Å². The van der Waals surface area contributed by atoms with E-state index >= 15 is 0 Å². The van der Waals surface area contributed by atoms with E-state index in [-0.39, 0.29) is 0 Å². The van der Waals surface area contributed by atoms with E-state index in [1.54, 1.807) is 0 Å². The molecular formula is C14H23BrO. The minimum atomic E-state index is 0.849. The van der Waals surface area contributed by atoms with Gasteiger partial charge >= 0.3 is 0 Å². The lowest BCUT2D eigenvalue weighted by atomic mass is 10.1. The van der Waals surface area contributed by atoms with Gasteiger partial charge in [-0.2, -0.15) is 0 Å². The number of unbranched alkanes of at least 4 members (excludes halogenated alkanes) is 7. The Labute approximate surface area is 108 Å². The van der Waals surface area contributed by atoms with Crippen molar-refractivity contribution in [3.8, 4) is 0 Å². The average Bonchev–Trinajstić information content (AvgIpc) is 2.68. The number of rotatable bonds is 9. The summed E-state index contributed by atoms with van der Waals surface area (Å²) < 4.78 is 6.31. The quantitative estimate of drug-likeness (QED) is 0.529. The second kappa shape index (κ2) is 8.86. The van der Waals surface area contributed by atoms with Gasteiger partial charge < -0.3 is 4.42 Å². The van der Waals surface area contributed by atoms with Gasteiger partial charge in [-0.3, -0.25) is 0 Å². The van der Waals surface area contributed by atoms with Gasteiger partial charge in [-0.15, -0.1) is 0 Å². The predicted molar refractivity (Wildman–Crippen MR) is 72.7 cm³/mol. The monoisotopic (exact) mass is 286 g/mol. The molecule has 0 radical (unpaired) electrons. The molecule has 0 aliphatic heterocycles. The van der Waals surface area contributed by atoms with Crippen LogP contribution < -0.4 is 0 Å². The molecule has 1 nitrogen and oxygen atoms in total. The third-order valence-corrected chi connectivity index (χ3v) is 3.33. The van der Waals surface area contributed by atoms with Gasteiger partial charge in [0.05, 0.1) is 0 Å². The summed E-state index contributed by atoms with van der Waals surface area (Å²) in [6.45, 7) is 2.27. The lowest BCUT2D eigenvalue weighted by Gasteiger charge is -2.00. The Bertz CT molecular complexity index is 267. The van der Waals surface area contributed by atoms with Crippen molar-refractivity contribution in [3.05, 3.63) is 22.6 Å². The summed E-state index contributed by atoms with van der Waals surface area (Å²) in [5.74, 6) is 1.11. The van der Waals surface area contributed by atoms with Crippen molar-refractivity contribution in [2.75, 3.05) is 0 Å². The second-order valence-electron chi connectivity index (χ2n) is 4.43. The molecule has 1 heterocycles. The SMILES string of the molecule is CCCCCCCCCCc1ccc(Br)o1. The van der Waals surface area contributed by atoms with E-state index in [2.05, 4.69) is 28.9 Å². The number of hydrogen-bond acceptors (Lipinski definition) is 1. The first-order valence-electron chi connectivity index (χ1n) is 6.57. The molecule has 0 unspecified atom stereocenters. The number of aryl methyl sites for hydroxylation is 1. The molecule has 0 fully saturated rings. The lowest BCUT2D eigenvalue weighted by Crippen LogP contribution is -1.84. The standard InChI is InChI=1S/C14H23BrO/c1-2-3-4-5-6-7-8-9-10-13-11-12-14(15)16-13/h11-12H,2-10H2,1H3. The highest BCUT2D eigenvalue weighted by Gasteiger charge is 1.98. The Morgan fingerprint density at radius 3 is 2.12 bits per heavy atom. The van der Waals surface area contributed by atoms with E-state index in [0.29, 0.717) is 0 Å². The van der Waals surface area contributed by atoms with Crippen molar-refractivity contribution in [2.45, 2.75) is 64.7 Å². The highest BCUT2D eigenvalue weighted by Crippen LogP contribution is 2.16. The maximum Gasteiger partial charge on any atom is 0.169 e. The Morgan fingerprint density at radius 2 is 1.56 bits per heavy atom. The summed E-state index contributed by atoms with van der Waals surface area (Å²) in [5, 5.41) is 0. The first kappa shape index (κ1) is 13.8. The van der Waals surface area contributed by atoms with Crippen LogP contribution in [0.2, 0.25) is 0 Å². The van der Waals surface area contributed by atoms with E-state index in [0.717, 1.165) is 16.9 Å². The van der Waals surface area contributed by atoms with Crippen LogP contribution in [0.3, 0.4) is 0 Å². The molecule has 0 aliphatic carbocycles. The van der Waals surface area contributed by atoms with Crippen LogP contribution in [-0.2, 0) is 6.42 Å². The molecule has 16 heavy (non-hydrogen) atoms. The summed E-state index contributed by atoms with van der Waals surface area (Å²) in [6, 6.07) is 4.03. The summed E-state index contributed by atoms with van der Waals surface area (Å²) in [5.41, 5.74) is 0. The molecule has 0 bridgehead atoms.